The standard InChI is InChI=1S/C12H18O4/c1-11(2)6-4-7(9(13)14)12(11,3)8(5-6)10(15)16/h6-8H,4-5H2,1-3H3,(H,13,14)(H,15,16). The highest BCUT2D eigenvalue weighted by atomic mass is 16.4. The second-order valence-corrected chi connectivity index (χ2v) is 5.95. The van der Waals surface area contributed by atoms with Gasteiger partial charge in [-0.3, -0.25) is 9.59 Å². The van der Waals surface area contributed by atoms with E-state index in [1.807, 2.05) is 20.8 Å². The van der Waals surface area contributed by atoms with Crippen LogP contribution in [0.25, 0.3) is 0 Å². The first-order chi connectivity index (χ1) is 7.23. The molecular formula is C12H18O4. The first-order valence-electron chi connectivity index (χ1n) is 5.68. The quantitative estimate of drug-likeness (QED) is 0.753. The van der Waals surface area contributed by atoms with Crippen molar-refractivity contribution in [3.8, 4) is 0 Å². The summed E-state index contributed by atoms with van der Waals surface area (Å²) in [6.07, 6.45) is 1.26. The van der Waals surface area contributed by atoms with Crippen molar-refractivity contribution in [1.29, 1.82) is 0 Å². The lowest BCUT2D eigenvalue weighted by atomic mass is 9.62. The van der Waals surface area contributed by atoms with Crippen molar-refractivity contribution < 1.29 is 19.8 Å². The number of fused-ring (bicyclic) bond motifs is 2. The Morgan fingerprint density at radius 2 is 1.38 bits per heavy atom. The minimum atomic E-state index is -0.843. The molecule has 2 N–H and O–H groups in total. The Hall–Kier alpha value is -1.06. The maximum atomic E-state index is 11.3. The summed E-state index contributed by atoms with van der Waals surface area (Å²) in [7, 11) is 0. The molecule has 0 saturated heterocycles. The van der Waals surface area contributed by atoms with Gasteiger partial charge in [-0.2, -0.15) is 0 Å². The monoisotopic (exact) mass is 226 g/mol. The zero-order chi connectivity index (χ0) is 12.3. The average Bonchev–Trinajstić information content (AvgIpc) is 2.46. The predicted molar refractivity (Wildman–Crippen MR) is 56.9 cm³/mol. The van der Waals surface area contributed by atoms with Crippen LogP contribution < -0.4 is 0 Å². The fourth-order valence-electron chi connectivity index (χ4n) is 4.04. The zero-order valence-corrected chi connectivity index (χ0v) is 9.86. The predicted octanol–water partition coefficient (Wildman–Crippen LogP) is 1.84. The van der Waals surface area contributed by atoms with Gasteiger partial charge in [-0.05, 0) is 29.6 Å². The van der Waals surface area contributed by atoms with E-state index >= 15 is 0 Å². The molecule has 2 saturated carbocycles. The van der Waals surface area contributed by atoms with Gasteiger partial charge in [0.15, 0.2) is 0 Å². The molecule has 4 nitrogen and oxygen atoms in total. The molecule has 0 radical (unpaired) electrons. The van der Waals surface area contributed by atoms with Crippen LogP contribution in [0.1, 0.15) is 33.6 Å². The van der Waals surface area contributed by atoms with Crippen LogP contribution in [0.5, 0.6) is 0 Å². The Bertz CT molecular complexity index is 334. The van der Waals surface area contributed by atoms with Crippen LogP contribution in [-0.4, -0.2) is 22.2 Å². The Balaban J connectivity index is 2.48. The van der Waals surface area contributed by atoms with E-state index in [1.54, 1.807) is 0 Å². The highest BCUT2D eigenvalue weighted by molar-refractivity contribution is 5.78. The number of hydrogen-bond acceptors (Lipinski definition) is 2. The normalized spacial score (nSPS) is 44.6. The van der Waals surface area contributed by atoms with E-state index in [4.69, 9.17) is 0 Å². The molecule has 2 atom stereocenters. The second-order valence-electron chi connectivity index (χ2n) is 5.95. The fraction of sp³-hybridized carbons (Fsp3) is 0.833. The number of hydrogen-bond donors (Lipinski definition) is 2. The summed E-state index contributed by atoms with van der Waals surface area (Å²) < 4.78 is 0. The summed E-state index contributed by atoms with van der Waals surface area (Å²) in [5.74, 6) is -2.49. The molecule has 0 aromatic carbocycles. The minimum absolute atomic E-state index is 0.195. The largest absolute Gasteiger partial charge is 0.481 e. The SMILES string of the molecule is CC1(C)C2CC(C(=O)O)C1(C)C(C(=O)O)C2. The minimum Gasteiger partial charge on any atom is -0.481 e. The molecule has 4 heteroatoms. The second kappa shape index (κ2) is 2.99. The number of carbonyl (C=O) groups is 2. The smallest absolute Gasteiger partial charge is 0.307 e. The van der Waals surface area contributed by atoms with Crippen LogP contribution in [0.15, 0.2) is 0 Å². The number of carboxylic acids is 2. The van der Waals surface area contributed by atoms with Gasteiger partial charge in [0, 0.05) is 0 Å². The zero-order valence-electron chi connectivity index (χ0n) is 9.86. The van der Waals surface area contributed by atoms with Crippen LogP contribution in [-0.2, 0) is 9.59 Å². The lowest BCUT2D eigenvalue weighted by molar-refractivity contribution is -0.157. The van der Waals surface area contributed by atoms with Crippen LogP contribution in [0, 0.1) is 28.6 Å². The number of rotatable bonds is 2. The van der Waals surface area contributed by atoms with Crippen molar-refractivity contribution in [3.63, 3.8) is 0 Å². The Morgan fingerprint density at radius 1 is 1.00 bits per heavy atom. The lowest BCUT2D eigenvalue weighted by Crippen LogP contribution is -2.44. The summed E-state index contributed by atoms with van der Waals surface area (Å²) in [6, 6.07) is 0. The number of carboxylic acid groups (broad SMARTS) is 2. The van der Waals surface area contributed by atoms with Crippen LogP contribution in [0.4, 0.5) is 0 Å². The van der Waals surface area contributed by atoms with Crippen molar-refractivity contribution in [1.82, 2.24) is 0 Å². The summed E-state index contributed by atoms with van der Waals surface area (Å²) in [6.45, 7) is 5.88. The van der Waals surface area contributed by atoms with Gasteiger partial charge in [-0.15, -0.1) is 0 Å². The molecule has 2 unspecified atom stereocenters. The molecule has 16 heavy (non-hydrogen) atoms. The topological polar surface area (TPSA) is 74.6 Å². The molecule has 2 rings (SSSR count). The molecule has 2 aliphatic carbocycles. The fourth-order valence-corrected chi connectivity index (χ4v) is 4.04. The molecular weight excluding hydrogens is 208 g/mol. The first kappa shape index (κ1) is 11.4. The maximum absolute atomic E-state index is 11.3. The van der Waals surface area contributed by atoms with Crippen molar-refractivity contribution in [3.05, 3.63) is 0 Å². The molecule has 0 heterocycles. The third-order valence-corrected chi connectivity index (χ3v) is 5.49. The van der Waals surface area contributed by atoms with Crippen LogP contribution in [0.3, 0.4) is 0 Å². The Labute approximate surface area is 94.7 Å². The molecule has 90 valence electrons. The van der Waals surface area contributed by atoms with Crippen LogP contribution >= 0.6 is 0 Å². The third kappa shape index (κ3) is 1.05. The molecule has 2 fully saturated rings. The highest BCUT2D eigenvalue weighted by Crippen LogP contribution is 2.70. The van der Waals surface area contributed by atoms with Crippen molar-refractivity contribution in [2.45, 2.75) is 33.6 Å². The molecule has 0 aromatic heterocycles. The molecule has 0 aliphatic heterocycles. The molecule has 2 bridgehead atoms. The van der Waals surface area contributed by atoms with E-state index in [-0.39, 0.29) is 11.3 Å². The van der Waals surface area contributed by atoms with Gasteiger partial charge in [-0.1, -0.05) is 20.8 Å². The van der Waals surface area contributed by atoms with E-state index in [2.05, 4.69) is 0 Å². The van der Waals surface area contributed by atoms with Gasteiger partial charge >= 0.3 is 11.9 Å². The van der Waals surface area contributed by atoms with Crippen molar-refractivity contribution in [2.75, 3.05) is 0 Å². The first-order valence-corrected chi connectivity index (χ1v) is 5.68. The van der Waals surface area contributed by atoms with Gasteiger partial charge in [0.1, 0.15) is 0 Å². The summed E-state index contributed by atoms with van der Waals surface area (Å²) in [5, 5.41) is 18.5. The summed E-state index contributed by atoms with van der Waals surface area (Å²) in [5.41, 5.74) is -0.811. The number of aliphatic carboxylic acids is 2. The maximum Gasteiger partial charge on any atom is 0.307 e. The Morgan fingerprint density at radius 3 is 1.62 bits per heavy atom. The van der Waals surface area contributed by atoms with E-state index in [0.717, 1.165) is 0 Å². The lowest BCUT2D eigenvalue weighted by Gasteiger charge is -2.40. The van der Waals surface area contributed by atoms with Crippen molar-refractivity contribution in [2.24, 2.45) is 28.6 Å². The highest BCUT2D eigenvalue weighted by Gasteiger charge is 2.69. The van der Waals surface area contributed by atoms with Gasteiger partial charge in [-0.25, -0.2) is 0 Å². The van der Waals surface area contributed by atoms with E-state index < -0.39 is 29.2 Å². The molecule has 2 aliphatic rings. The average molecular weight is 226 g/mol. The third-order valence-electron chi connectivity index (χ3n) is 5.49. The van der Waals surface area contributed by atoms with E-state index in [0.29, 0.717) is 12.8 Å². The molecule has 0 aromatic rings. The van der Waals surface area contributed by atoms with Crippen LogP contribution in [0.2, 0.25) is 0 Å². The van der Waals surface area contributed by atoms with Gasteiger partial charge < -0.3 is 10.2 Å². The van der Waals surface area contributed by atoms with Crippen molar-refractivity contribution >= 4 is 11.9 Å². The summed E-state index contributed by atoms with van der Waals surface area (Å²) >= 11 is 0. The van der Waals surface area contributed by atoms with Gasteiger partial charge in [0.05, 0.1) is 11.8 Å². The summed E-state index contributed by atoms with van der Waals surface area (Å²) in [4.78, 5) is 22.5. The molecule has 0 amide bonds. The van der Waals surface area contributed by atoms with Gasteiger partial charge in [0.25, 0.3) is 0 Å². The van der Waals surface area contributed by atoms with Gasteiger partial charge in [0.2, 0.25) is 0 Å². The van der Waals surface area contributed by atoms with E-state index in [9.17, 15) is 19.8 Å². The van der Waals surface area contributed by atoms with E-state index in [1.165, 1.54) is 0 Å². The molecule has 0 spiro atoms. The Kier molecular flexibility index (Phi) is 2.14.